The zero-order valence-corrected chi connectivity index (χ0v) is 25.4. The lowest BCUT2D eigenvalue weighted by Crippen LogP contribution is -2.54. The van der Waals surface area contributed by atoms with Crippen molar-refractivity contribution in [1.82, 2.24) is 10.2 Å². The number of hydrogen-bond acceptors (Lipinski definition) is 4. The summed E-state index contributed by atoms with van der Waals surface area (Å²) < 4.78 is 26.8. The van der Waals surface area contributed by atoms with Crippen molar-refractivity contribution in [3.63, 3.8) is 0 Å². The van der Waals surface area contributed by atoms with Crippen molar-refractivity contribution >= 4 is 50.7 Å². The van der Waals surface area contributed by atoms with E-state index in [4.69, 9.17) is 23.2 Å². The molecule has 0 aromatic heterocycles. The van der Waals surface area contributed by atoms with Crippen molar-refractivity contribution in [3.05, 3.63) is 99.5 Å². The summed E-state index contributed by atoms with van der Waals surface area (Å²) >= 11 is 12.5. The van der Waals surface area contributed by atoms with Crippen molar-refractivity contribution in [2.75, 3.05) is 17.1 Å². The quantitative estimate of drug-likeness (QED) is 0.291. The van der Waals surface area contributed by atoms with Gasteiger partial charge in [-0.15, -0.1) is 0 Å². The molecule has 10 heteroatoms. The maximum Gasteiger partial charge on any atom is 0.244 e. The molecule has 0 saturated heterocycles. The Morgan fingerprint density at radius 3 is 2.25 bits per heavy atom. The summed E-state index contributed by atoms with van der Waals surface area (Å²) in [4.78, 5) is 29.3. The lowest BCUT2D eigenvalue weighted by Gasteiger charge is -2.34. The van der Waals surface area contributed by atoms with Crippen LogP contribution >= 0.6 is 23.2 Å². The van der Waals surface area contributed by atoms with E-state index in [1.807, 2.05) is 75.4 Å². The molecule has 0 aliphatic carbocycles. The number of carbonyl (C=O) groups is 2. The Morgan fingerprint density at radius 2 is 1.62 bits per heavy atom. The van der Waals surface area contributed by atoms with Crippen LogP contribution in [0.1, 0.15) is 37.0 Å². The lowest BCUT2D eigenvalue weighted by molar-refractivity contribution is -0.140. The molecule has 0 unspecified atom stereocenters. The number of anilines is 1. The van der Waals surface area contributed by atoms with Crippen LogP contribution in [0.5, 0.6) is 0 Å². The van der Waals surface area contributed by atoms with Gasteiger partial charge >= 0.3 is 0 Å². The fraction of sp³-hybridized carbons (Fsp3) is 0.333. The molecule has 3 aromatic carbocycles. The fourth-order valence-electron chi connectivity index (χ4n) is 4.24. The molecule has 0 bridgehead atoms. The minimum atomic E-state index is -3.95. The Kier molecular flexibility index (Phi) is 11.0. The van der Waals surface area contributed by atoms with Gasteiger partial charge in [0.2, 0.25) is 21.8 Å². The van der Waals surface area contributed by atoms with E-state index in [1.165, 1.54) is 23.1 Å². The van der Waals surface area contributed by atoms with Gasteiger partial charge in [-0.3, -0.25) is 13.9 Å². The van der Waals surface area contributed by atoms with Crippen LogP contribution in [-0.2, 0) is 32.6 Å². The number of nitrogens with one attached hydrogen (secondary N) is 1. The van der Waals surface area contributed by atoms with Gasteiger partial charge in [0.25, 0.3) is 0 Å². The van der Waals surface area contributed by atoms with Gasteiger partial charge in [0.05, 0.1) is 17.0 Å². The van der Waals surface area contributed by atoms with E-state index in [1.54, 1.807) is 0 Å². The number of benzene rings is 3. The third-order valence-corrected chi connectivity index (χ3v) is 8.41. The van der Waals surface area contributed by atoms with Gasteiger partial charge in [-0.25, -0.2) is 8.42 Å². The van der Waals surface area contributed by atoms with Crippen molar-refractivity contribution in [2.45, 2.75) is 52.2 Å². The summed E-state index contributed by atoms with van der Waals surface area (Å²) in [5, 5.41) is 3.41. The Hall–Kier alpha value is -3.07. The average molecular weight is 605 g/mol. The number of sulfonamides is 1. The predicted octanol–water partition coefficient (Wildman–Crippen LogP) is 5.62. The van der Waals surface area contributed by atoms with Gasteiger partial charge < -0.3 is 10.2 Å². The summed E-state index contributed by atoms with van der Waals surface area (Å²) in [6.07, 6.45) is 1.96. The predicted molar refractivity (Wildman–Crippen MR) is 162 cm³/mol. The molecule has 2 atom stereocenters. The second-order valence-electron chi connectivity index (χ2n) is 9.84. The van der Waals surface area contributed by atoms with Gasteiger partial charge in [0.1, 0.15) is 12.6 Å². The summed E-state index contributed by atoms with van der Waals surface area (Å²) in [6.45, 7) is 5.34. The molecular formula is C30H35Cl2N3O4S. The van der Waals surface area contributed by atoms with Crippen molar-refractivity contribution in [3.8, 4) is 0 Å². The highest BCUT2D eigenvalue weighted by Crippen LogP contribution is 2.31. The van der Waals surface area contributed by atoms with Crippen LogP contribution in [0.15, 0.2) is 72.8 Å². The van der Waals surface area contributed by atoms with Crippen LogP contribution in [0.3, 0.4) is 0 Å². The van der Waals surface area contributed by atoms with Gasteiger partial charge in [-0.2, -0.15) is 0 Å². The van der Waals surface area contributed by atoms with Gasteiger partial charge in [0, 0.05) is 24.0 Å². The second-order valence-corrected chi connectivity index (χ2v) is 12.6. The van der Waals surface area contributed by atoms with Crippen LogP contribution < -0.4 is 9.62 Å². The van der Waals surface area contributed by atoms with E-state index in [0.717, 1.165) is 27.3 Å². The van der Waals surface area contributed by atoms with E-state index >= 15 is 0 Å². The number of rotatable bonds is 12. The minimum absolute atomic E-state index is 0.0875. The molecule has 0 spiro atoms. The van der Waals surface area contributed by atoms with Crippen LogP contribution in [0.2, 0.25) is 10.0 Å². The molecule has 0 radical (unpaired) electrons. The molecule has 0 heterocycles. The Bertz CT molecular complexity index is 1430. The summed E-state index contributed by atoms with van der Waals surface area (Å²) in [5.41, 5.74) is 2.74. The molecule has 40 heavy (non-hydrogen) atoms. The number of nitrogens with zero attached hydrogens (tertiary/aromatic N) is 2. The van der Waals surface area contributed by atoms with Crippen LogP contribution in [0, 0.1) is 6.92 Å². The van der Waals surface area contributed by atoms with Gasteiger partial charge in [0.15, 0.2) is 0 Å². The van der Waals surface area contributed by atoms with Crippen LogP contribution in [0.25, 0.3) is 0 Å². The van der Waals surface area contributed by atoms with Crippen LogP contribution in [-0.4, -0.2) is 50.0 Å². The first-order valence-corrected chi connectivity index (χ1v) is 15.6. The Balaban J connectivity index is 2.10. The molecule has 3 rings (SSSR count). The molecule has 214 valence electrons. The van der Waals surface area contributed by atoms with E-state index in [2.05, 4.69) is 5.32 Å². The smallest absolute Gasteiger partial charge is 0.244 e. The highest BCUT2D eigenvalue weighted by atomic mass is 35.5. The molecule has 0 aliphatic heterocycles. The van der Waals surface area contributed by atoms with Gasteiger partial charge in [-0.05, 0) is 55.2 Å². The van der Waals surface area contributed by atoms with E-state index in [-0.39, 0.29) is 40.6 Å². The number of amides is 2. The number of hydrogen-bond donors (Lipinski definition) is 1. The largest absolute Gasteiger partial charge is 0.352 e. The molecule has 3 aromatic rings. The molecule has 1 N–H and O–H groups in total. The lowest BCUT2D eigenvalue weighted by atomic mass is 10.0. The third-order valence-electron chi connectivity index (χ3n) is 6.73. The van der Waals surface area contributed by atoms with E-state index < -0.39 is 28.5 Å². The van der Waals surface area contributed by atoms with E-state index in [9.17, 15) is 18.0 Å². The average Bonchev–Trinajstić information content (AvgIpc) is 2.91. The Labute approximate surface area is 247 Å². The van der Waals surface area contributed by atoms with Gasteiger partial charge in [-0.1, -0.05) is 84.7 Å². The minimum Gasteiger partial charge on any atom is -0.352 e. The van der Waals surface area contributed by atoms with Crippen molar-refractivity contribution in [1.29, 1.82) is 0 Å². The fourth-order valence-corrected chi connectivity index (χ4v) is 5.53. The standard InChI is InChI=1S/C30H35Cl2N3O4S/c1-5-22(3)33-30(37)28(17-23-12-7-6-8-13-23)34(19-24-14-10-9-11-21(24)2)29(36)20-35(40(4,38)39)27-18-25(31)15-16-26(27)32/h6-16,18,22,28H,5,17,19-20H2,1-4H3,(H,33,37)/t22-,28+/m1/s1. The van der Waals surface area contributed by atoms with Crippen molar-refractivity contribution < 1.29 is 18.0 Å². The number of halogens is 2. The number of carbonyl (C=O) groups excluding carboxylic acids is 2. The van der Waals surface area contributed by atoms with Crippen molar-refractivity contribution in [2.24, 2.45) is 0 Å². The number of aryl methyl sites for hydroxylation is 1. The molecule has 7 nitrogen and oxygen atoms in total. The summed E-state index contributed by atoms with van der Waals surface area (Å²) in [5.74, 6) is -0.864. The first kappa shape index (κ1) is 31.5. The molecule has 0 fully saturated rings. The Morgan fingerprint density at radius 1 is 0.975 bits per heavy atom. The second kappa shape index (κ2) is 14.0. The van der Waals surface area contributed by atoms with Crippen LogP contribution in [0.4, 0.5) is 5.69 Å². The molecular weight excluding hydrogens is 569 g/mol. The molecule has 0 saturated carbocycles. The van der Waals surface area contributed by atoms with E-state index in [0.29, 0.717) is 6.42 Å². The molecule has 2 amide bonds. The highest BCUT2D eigenvalue weighted by Gasteiger charge is 2.34. The molecule has 0 aliphatic rings. The summed E-state index contributed by atoms with van der Waals surface area (Å²) in [6, 6.07) is 20.4. The topological polar surface area (TPSA) is 86.8 Å². The first-order chi connectivity index (χ1) is 18.9. The zero-order valence-electron chi connectivity index (χ0n) is 23.1. The summed E-state index contributed by atoms with van der Waals surface area (Å²) in [7, 11) is -3.95. The maximum absolute atomic E-state index is 14.1. The first-order valence-electron chi connectivity index (χ1n) is 13.0. The normalized spacial score (nSPS) is 12.8. The third kappa shape index (κ3) is 8.46. The SMILES string of the molecule is CC[C@@H](C)NC(=O)[C@H](Cc1ccccc1)N(Cc1ccccc1C)C(=O)CN(c1cc(Cl)ccc1Cl)S(C)(=O)=O. The maximum atomic E-state index is 14.1. The highest BCUT2D eigenvalue weighted by molar-refractivity contribution is 7.92. The monoisotopic (exact) mass is 603 g/mol. The zero-order chi connectivity index (χ0) is 29.4.